The number of hydrogen-bond donors (Lipinski definition) is 1. The Balaban J connectivity index is 1.77. The van der Waals surface area contributed by atoms with Crippen LogP contribution < -0.4 is 23.7 Å². The van der Waals surface area contributed by atoms with Gasteiger partial charge in [0.05, 0.1) is 39.9 Å². The lowest BCUT2D eigenvalue weighted by molar-refractivity contribution is -0.143. The second-order valence-electron chi connectivity index (χ2n) is 9.45. The van der Waals surface area contributed by atoms with E-state index in [0.29, 0.717) is 54.9 Å². The van der Waals surface area contributed by atoms with Crippen LogP contribution in [0, 0.1) is 5.92 Å². The predicted octanol–water partition coefficient (Wildman–Crippen LogP) is 5.58. The standard InChI is InChI=1S/C31H37NO7/c1-5-38-26-16-22(13-14-25(26)39-20-21-10-7-6-8-11-21)29(32-15-9-12-23(19-32)31(33)34)24-17-27(35-2)30(37-4)28(18-24)36-3/h6-8,10-11,13-14,16-18,23,29H,5,9,12,15,19-20H2,1-4H3,(H,33,34). The van der Waals surface area contributed by atoms with Crippen LogP contribution in [0.25, 0.3) is 0 Å². The van der Waals surface area contributed by atoms with E-state index < -0.39 is 11.9 Å². The van der Waals surface area contributed by atoms with Gasteiger partial charge in [-0.1, -0.05) is 36.4 Å². The number of carbonyl (C=O) groups is 1. The van der Waals surface area contributed by atoms with Crippen molar-refractivity contribution in [2.45, 2.75) is 32.4 Å². The first-order valence-electron chi connectivity index (χ1n) is 13.2. The Labute approximate surface area is 230 Å². The lowest BCUT2D eigenvalue weighted by Gasteiger charge is -2.38. The third-order valence-corrected chi connectivity index (χ3v) is 6.99. The van der Waals surface area contributed by atoms with Gasteiger partial charge in [0.2, 0.25) is 5.75 Å². The van der Waals surface area contributed by atoms with Crippen molar-refractivity contribution < 1.29 is 33.6 Å². The number of methoxy groups -OCH3 is 3. The Bertz CT molecular complexity index is 1220. The molecule has 4 rings (SSSR count). The van der Waals surface area contributed by atoms with E-state index in [4.69, 9.17) is 23.7 Å². The van der Waals surface area contributed by atoms with Crippen LogP contribution in [0.1, 0.15) is 42.5 Å². The Morgan fingerprint density at radius 3 is 2.21 bits per heavy atom. The Morgan fingerprint density at radius 1 is 0.897 bits per heavy atom. The average molecular weight is 536 g/mol. The number of likely N-dealkylation sites (tertiary alicyclic amines) is 1. The van der Waals surface area contributed by atoms with Gasteiger partial charge in [-0.2, -0.15) is 0 Å². The summed E-state index contributed by atoms with van der Waals surface area (Å²) in [7, 11) is 4.75. The molecule has 1 aliphatic heterocycles. The highest BCUT2D eigenvalue weighted by Gasteiger charge is 2.33. The van der Waals surface area contributed by atoms with Crippen LogP contribution in [0.2, 0.25) is 0 Å². The zero-order chi connectivity index (χ0) is 27.8. The number of rotatable bonds is 12. The minimum absolute atomic E-state index is 0.275. The summed E-state index contributed by atoms with van der Waals surface area (Å²) in [6, 6.07) is 19.5. The molecule has 0 amide bonds. The third-order valence-electron chi connectivity index (χ3n) is 6.99. The number of aliphatic carboxylic acids is 1. The van der Waals surface area contributed by atoms with E-state index in [9.17, 15) is 9.90 Å². The Morgan fingerprint density at radius 2 is 1.59 bits per heavy atom. The highest BCUT2D eigenvalue weighted by atomic mass is 16.5. The molecule has 0 spiro atoms. The van der Waals surface area contributed by atoms with Crippen LogP contribution in [0.3, 0.4) is 0 Å². The largest absolute Gasteiger partial charge is 0.493 e. The Hall–Kier alpha value is -3.91. The summed E-state index contributed by atoms with van der Waals surface area (Å²) in [6.07, 6.45) is 1.44. The van der Waals surface area contributed by atoms with Gasteiger partial charge in [-0.15, -0.1) is 0 Å². The quantitative estimate of drug-likeness (QED) is 0.322. The molecule has 0 aromatic heterocycles. The van der Waals surface area contributed by atoms with Crippen molar-refractivity contribution in [3.63, 3.8) is 0 Å². The van der Waals surface area contributed by atoms with E-state index in [1.807, 2.05) is 67.6 Å². The highest BCUT2D eigenvalue weighted by molar-refractivity contribution is 5.70. The molecule has 3 aromatic carbocycles. The molecule has 0 saturated carbocycles. The average Bonchev–Trinajstić information content (AvgIpc) is 2.97. The molecule has 1 aliphatic rings. The van der Waals surface area contributed by atoms with E-state index >= 15 is 0 Å². The number of benzene rings is 3. The molecule has 8 nitrogen and oxygen atoms in total. The maximum absolute atomic E-state index is 11.9. The van der Waals surface area contributed by atoms with Crippen LogP contribution in [0.5, 0.6) is 28.7 Å². The maximum atomic E-state index is 11.9. The molecule has 0 bridgehead atoms. The van der Waals surface area contributed by atoms with Gasteiger partial charge in [-0.3, -0.25) is 9.69 Å². The maximum Gasteiger partial charge on any atom is 0.307 e. The van der Waals surface area contributed by atoms with Crippen molar-refractivity contribution in [1.29, 1.82) is 0 Å². The fourth-order valence-electron chi connectivity index (χ4n) is 5.13. The summed E-state index contributed by atoms with van der Waals surface area (Å²) in [4.78, 5) is 14.1. The SMILES string of the molecule is CCOc1cc(C(c2cc(OC)c(OC)c(OC)c2)N2CCCC(C(=O)O)C2)ccc1OCc1ccccc1. The molecular formula is C31H37NO7. The highest BCUT2D eigenvalue weighted by Crippen LogP contribution is 2.44. The van der Waals surface area contributed by atoms with Gasteiger partial charge in [-0.05, 0) is 67.3 Å². The van der Waals surface area contributed by atoms with Gasteiger partial charge in [0.1, 0.15) is 6.61 Å². The number of carboxylic acid groups (broad SMARTS) is 1. The molecule has 2 unspecified atom stereocenters. The molecule has 1 fully saturated rings. The Kier molecular flexibility index (Phi) is 9.54. The zero-order valence-electron chi connectivity index (χ0n) is 23.0. The monoisotopic (exact) mass is 535 g/mol. The zero-order valence-corrected chi connectivity index (χ0v) is 23.0. The minimum Gasteiger partial charge on any atom is -0.493 e. The summed E-state index contributed by atoms with van der Waals surface area (Å²) in [5, 5.41) is 9.80. The molecule has 8 heteroatoms. The molecule has 39 heavy (non-hydrogen) atoms. The molecule has 1 N–H and O–H groups in total. The molecule has 2 atom stereocenters. The lowest BCUT2D eigenvalue weighted by Crippen LogP contribution is -2.41. The molecule has 0 aliphatic carbocycles. The topological polar surface area (TPSA) is 86.7 Å². The number of carboxylic acids is 1. The first kappa shape index (κ1) is 28.1. The summed E-state index contributed by atoms with van der Waals surface area (Å²) in [6.45, 7) is 4.01. The van der Waals surface area contributed by atoms with Crippen LogP contribution in [0.15, 0.2) is 60.7 Å². The van der Waals surface area contributed by atoms with Crippen LogP contribution in [-0.4, -0.2) is 57.0 Å². The number of hydrogen-bond acceptors (Lipinski definition) is 7. The number of nitrogens with zero attached hydrogens (tertiary/aromatic N) is 1. The summed E-state index contributed by atoms with van der Waals surface area (Å²) in [5.74, 6) is 1.65. The van der Waals surface area contributed by atoms with Crippen molar-refractivity contribution in [2.75, 3.05) is 41.0 Å². The van der Waals surface area contributed by atoms with Crippen molar-refractivity contribution in [3.05, 3.63) is 77.4 Å². The number of ether oxygens (including phenoxy) is 5. The van der Waals surface area contributed by atoms with Gasteiger partial charge < -0.3 is 28.8 Å². The predicted molar refractivity (Wildman–Crippen MR) is 148 cm³/mol. The second-order valence-corrected chi connectivity index (χ2v) is 9.45. The summed E-state index contributed by atoms with van der Waals surface area (Å²) in [5.41, 5.74) is 2.91. The summed E-state index contributed by atoms with van der Waals surface area (Å²) >= 11 is 0. The third kappa shape index (κ3) is 6.57. The molecule has 3 aromatic rings. The smallest absolute Gasteiger partial charge is 0.307 e. The van der Waals surface area contributed by atoms with Crippen molar-refractivity contribution >= 4 is 5.97 Å². The number of piperidine rings is 1. The van der Waals surface area contributed by atoms with E-state index in [0.717, 1.165) is 29.7 Å². The van der Waals surface area contributed by atoms with Gasteiger partial charge in [0.25, 0.3) is 0 Å². The van der Waals surface area contributed by atoms with Crippen LogP contribution >= 0.6 is 0 Å². The first-order valence-corrected chi connectivity index (χ1v) is 13.2. The van der Waals surface area contributed by atoms with Crippen molar-refractivity contribution in [1.82, 2.24) is 4.90 Å². The first-order chi connectivity index (χ1) is 19.0. The van der Waals surface area contributed by atoms with Crippen LogP contribution in [0.4, 0.5) is 0 Å². The summed E-state index contributed by atoms with van der Waals surface area (Å²) < 4.78 is 29.0. The lowest BCUT2D eigenvalue weighted by atomic mass is 9.91. The normalized spacial score (nSPS) is 16.3. The van der Waals surface area contributed by atoms with Gasteiger partial charge in [0.15, 0.2) is 23.0 Å². The van der Waals surface area contributed by atoms with E-state index in [-0.39, 0.29) is 6.04 Å². The second kappa shape index (κ2) is 13.2. The fourth-order valence-corrected chi connectivity index (χ4v) is 5.13. The van der Waals surface area contributed by atoms with Crippen molar-refractivity contribution in [2.24, 2.45) is 5.92 Å². The molecule has 1 heterocycles. The van der Waals surface area contributed by atoms with Gasteiger partial charge >= 0.3 is 5.97 Å². The molecule has 0 radical (unpaired) electrons. The van der Waals surface area contributed by atoms with Gasteiger partial charge in [0, 0.05) is 6.54 Å². The molecule has 208 valence electrons. The minimum atomic E-state index is -0.775. The van der Waals surface area contributed by atoms with Gasteiger partial charge in [-0.25, -0.2) is 0 Å². The van der Waals surface area contributed by atoms with E-state index in [2.05, 4.69) is 4.90 Å². The molecular weight excluding hydrogens is 498 g/mol. The fraction of sp³-hybridized carbons (Fsp3) is 0.387. The molecule has 1 saturated heterocycles. The van der Waals surface area contributed by atoms with E-state index in [1.54, 1.807) is 21.3 Å². The van der Waals surface area contributed by atoms with E-state index in [1.165, 1.54) is 0 Å². The van der Waals surface area contributed by atoms with Crippen molar-refractivity contribution in [3.8, 4) is 28.7 Å². The van der Waals surface area contributed by atoms with Crippen LogP contribution in [-0.2, 0) is 11.4 Å².